The second-order valence-corrected chi connectivity index (χ2v) is 9.23. The van der Waals surface area contributed by atoms with Gasteiger partial charge >= 0.3 is 5.97 Å². The predicted octanol–water partition coefficient (Wildman–Crippen LogP) is 4.86. The maximum Gasteiger partial charge on any atom is 0.353 e. The number of thioether (sulfide) groups is 1. The summed E-state index contributed by atoms with van der Waals surface area (Å²) in [4.78, 5) is 40.6. The van der Waals surface area contributed by atoms with Crippen molar-refractivity contribution in [2.24, 2.45) is 0 Å². The minimum Gasteiger partial charge on any atom is -0.477 e. The molecule has 0 aromatic heterocycles. The Morgan fingerprint density at radius 3 is 2.54 bits per heavy atom. The van der Waals surface area contributed by atoms with E-state index >= 15 is 0 Å². The average Bonchev–Trinajstić information content (AvgIpc) is 3.23. The summed E-state index contributed by atoms with van der Waals surface area (Å²) in [6.07, 6.45) is 1.75. The maximum absolute atomic E-state index is 13.6. The molecule has 0 bridgehead atoms. The second kappa shape index (κ2) is 8.18. The lowest BCUT2D eigenvalue weighted by Crippen LogP contribution is -2.51. The summed E-state index contributed by atoms with van der Waals surface area (Å²) in [6, 6.07) is 22.3. The van der Waals surface area contributed by atoms with Crippen molar-refractivity contribution in [3.8, 4) is 11.5 Å². The fourth-order valence-corrected chi connectivity index (χ4v) is 5.51. The van der Waals surface area contributed by atoms with Gasteiger partial charge in [-0.3, -0.25) is 14.5 Å². The van der Waals surface area contributed by atoms with E-state index < -0.39 is 5.97 Å². The molecule has 0 saturated carbocycles. The zero-order valence-electron chi connectivity index (χ0n) is 18.3. The molecule has 35 heavy (non-hydrogen) atoms. The first-order valence-corrected chi connectivity index (χ1v) is 11.9. The van der Waals surface area contributed by atoms with Crippen molar-refractivity contribution in [1.29, 1.82) is 0 Å². The van der Waals surface area contributed by atoms with Crippen LogP contribution in [-0.4, -0.2) is 33.2 Å². The first-order valence-electron chi connectivity index (χ1n) is 10.9. The zero-order valence-corrected chi connectivity index (χ0v) is 19.1. The number of fused-ring (bicyclic) bond motifs is 3. The Balaban J connectivity index is 1.39. The molecule has 3 aromatic rings. The number of amides is 2. The quantitative estimate of drug-likeness (QED) is 0.422. The van der Waals surface area contributed by atoms with E-state index in [1.54, 1.807) is 35.2 Å². The topological polar surface area (TPSA) is 87.1 Å². The van der Waals surface area contributed by atoms with Crippen molar-refractivity contribution >= 4 is 41.3 Å². The van der Waals surface area contributed by atoms with Crippen LogP contribution in [-0.2, 0) is 16.1 Å². The molecule has 1 saturated heterocycles. The number of β-lactam (4-membered cyclic amide) rings is 1. The van der Waals surface area contributed by atoms with Crippen LogP contribution >= 0.6 is 11.8 Å². The summed E-state index contributed by atoms with van der Waals surface area (Å²) < 4.78 is 6.14. The van der Waals surface area contributed by atoms with Gasteiger partial charge in [0.15, 0.2) is 5.75 Å². The van der Waals surface area contributed by atoms with Gasteiger partial charge in [-0.05, 0) is 41.5 Å². The summed E-state index contributed by atoms with van der Waals surface area (Å²) >= 11 is 1.29. The van der Waals surface area contributed by atoms with Gasteiger partial charge in [0, 0.05) is 5.41 Å². The van der Waals surface area contributed by atoms with Crippen LogP contribution in [0.15, 0.2) is 89.5 Å². The van der Waals surface area contributed by atoms with E-state index in [2.05, 4.69) is 0 Å². The van der Waals surface area contributed by atoms with E-state index in [1.165, 1.54) is 22.1 Å². The van der Waals surface area contributed by atoms with Crippen molar-refractivity contribution in [2.75, 3.05) is 4.90 Å². The lowest BCUT2D eigenvalue weighted by atomic mass is 10.0. The van der Waals surface area contributed by atoms with Gasteiger partial charge in [-0.25, -0.2) is 4.79 Å². The third-order valence-electron chi connectivity index (χ3n) is 6.12. The van der Waals surface area contributed by atoms with Crippen LogP contribution in [0.1, 0.15) is 21.5 Å². The molecule has 0 radical (unpaired) electrons. The SMILES string of the molecule is O=C(O)C1=CSC2/C(=C/c3ccc4c(c3)N(Cc3ccccc3)C(=O)c3ccccc3O4)C(=O)N12. The van der Waals surface area contributed by atoms with Crippen LogP contribution in [0.25, 0.3) is 6.08 Å². The number of aliphatic carboxylic acids is 1. The monoisotopic (exact) mass is 482 g/mol. The van der Waals surface area contributed by atoms with Crippen LogP contribution in [0.5, 0.6) is 11.5 Å². The maximum atomic E-state index is 13.6. The van der Waals surface area contributed by atoms with Gasteiger partial charge in [-0.2, -0.15) is 0 Å². The van der Waals surface area contributed by atoms with E-state index in [0.29, 0.717) is 34.9 Å². The van der Waals surface area contributed by atoms with Crippen LogP contribution < -0.4 is 9.64 Å². The molecule has 2 amide bonds. The molecule has 1 fully saturated rings. The smallest absolute Gasteiger partial charge is 0.353 e. The number of para-hydroxylation sites is 1. The number of ether oxygens (including phenoxy) is 1. The first-order chi connectivity index (χ1) is 17.0. The van der Waals surface area contributed by atoms with E-state index in [0.717, 1.165) is 11.1 Å². The summed E-state index contributed by atoms with van der Waals surface area (Å²) in [5.41, 5.74) is 3.26. The van der Waals surface area contributed by atoms with Crippen LogP contribution in [0.2, 0.25) is 0 Å². The molecule has 3 aliphatic heterocycles. The highest BCUT2D eigenvalue weighted by atomic mass is 32.2. The minimum atomic E-state index is -1.12. The van der Waals surface area contributed by atoms with Gasteiger partial charge in [0.2, 0.25) is 0 Å². The number of hydrogen-bond acceptors (Lipinski definition) is 5. The molecule has 1 N–H and O–H groups in total. The summed E-state index contributed by atoms with van der Waals surface area (Å²) in [6.45, 7) is 0.349. The number of nitrogens with zero attached hydrogens (tertiary/aromatic N) is 2. The second-order valence-electron chi connectivity index (χ2n) is 8.27. The first kappa shape index (κ1) is 21.2. The summed E-state index contributed by atoms with van der Waals surface area (Å²) in [5.74, 6) is -0.609. The minimum absolute atomic E-state index is 0.00474. The Morgan fingerprint density at radius 2 is 1.74 bits per heavy atom. The van der Waals surface area contributed by atoms with E-state index in [1.807, 2.05) is 48.5 Å². The van der Waals surface area contributed by atoms with Crippen molar-refractivity contribution in [3.63, 3.8) is 0 Å². The Bertz CT molecular complexity index is 1460. The van der Waals surface area contributed by atoms with Gasteiger partial charge in [-0.1, -0.05) is 48.5 Å². The number of benzene rings is 3. The van der Waals surface area contributed by atoms with Crippen LogP contribution in [0, 0.1) is 0 Å². The fourth-order valence-electron chi connectivity index (χ4n) is 4.40. The average molecular weight is 483 g/mol. The van der Waals surface area contributed by atoms with Gasteiger partial charge in [0.1, 0.15) is 16.8 Å². The highest BCUT2D eigenvalue weighted by Crippen LogP contribution is 2.46. The molecule has 3 aliphatic rings. The number of carbonyl (C=O) groups is 3. The molecular weight excluding hydrogens is 464 g/mol. The molecule has 172 valence electrons. The zero-order chi connectivity index (χ0) is 24.1. The Morgan fingerprint density at radius 1 is 0.971 bits per heavy atom. The van der Waals surface area contributed by atoms with E-state index in [9.17, 15) is 19.5 Å². The van der Waals surface area contributed by atoms with E-state index in [4.69, 9.17) is 4.74 Å². The molecule has 0 aliphatic carbocycles. The number of rotatable bonds is 4. The molecule has 0 spiro atoms. The van der Waals surface area contributed by atoms with Gasteiger partial charge in [-0.15, -0.1) is 11.8 Å². The van der Waals surface area contributed by atoms with E-state index in [-0.39, 0.29) is 22.9 Å². The third-order valence-corrected chi connectivity index (χ3v) is 7.20. The van der Waals surface area contributed by atoms with Crippen LogP contribution in [0.4, 0.5) is 5.69 Å². The van der Waals surface area contributed by atoms with Crippen molar-refractivity contribution in [2.45, 2.75) is 11.9 Å². The number of carboxylic acids is 1. The van der Waals surface area contributed by atoms with Crippen molar-refractivity contribution in [1.82, 2.24) is 4.90 Å². The van der Waals surface area contributed by atoms with Crippen molar-refractivity contribution in [3.05, 3.63) is 106 Å². The number of anilines is 1. The lowest BCUT2D eigenvalue weighted by Gasteiger charge is -2.37. The normalized spacial score (nSPS) is 19.3. The highest BCUT2D eigenvalue weighted by molar-refractivity contribution is 8.03. The van der Waals surface area contributed by atoms with Gasteiger partial charge < -0.3 is 14.7 Å². The standard InChI is InChI=1S/C27H18N2O5S/c30-24-18-8-4-5-9-22(18)34-23-11-10-17(13-20(23)28(24)14-16-6-2-1-3-7-16)12-19-25(31)29-21(27(32)33)15-35-26(19)29/h1-13,15,26H,14H2,(H,32,33)/b19-12+. The van der Waals surface area contributed by atoms with Crippen molar-refractivity contribution < 1.29 is 24.2 Å². The number of hydrogen-bond donors (Lipinski definition) is 1. The van der Waals surface area contributed by atoms with Gasteiger partial charge in [0.05, 0.1) is 23.4 Å². The summed E-state index contributed by atoms with van der Waals surface area (Å²) in [7, 11) is 0. The highest BCUT2D eigenvalue weighted by Gasteiger charge is 2.49. The number of carbonyl (C=O) groups excluding carboxylic acids is 2. The molecule has 3 aromatic carbocycles. The Hall–Kier alpha value is -4.30. The summed E-state index contributed by atoms with van der Waals surface area (Å²) in [5, 5.41) is 10.4. The molecular formula is C27H18N2O5S. The third kappa shape index (κ3) is 3.50. The molecule has 3 heterocycles. The number of carboxylic acid groups (broad SMARTS) is 1. The van der Waals surface area contributed by atoms with Gasteiger partial charge in [0.25, 0.3) is 11.8 Å². The lowest BCUT2D eigenvalue weighted by molar-refractivity contribution is -0.141. The Kier molecular flexibility index (Phi) is 4.96. The predicted molar refractivity (Wildman–Crippen MR) is 132 cm³/mol. The Labute approximate surface area is 204 Å². The molecule has 7 nitrogen and oxygen atoms in total. The molecule has 8 heteroatoms. The molecule has 6 rings (SSSR count). The molecule has 1 atom stereocenters. The fraction of sp³-hybridized carbons (Fsp3) is 0.0741. The van der Waals surface area contributed by atoms with Crippen LogP contribution in [0.3, 0.4) is 0 Å². The molecule has 1 unspecified atom stereocenters. The largest absolute Gasteiger partial charge is 0.477 e.